The monoisotopic (exact) mass is 362 g/mol. The molecular weight excluding hydrogens is 345 g/mol. The van der Waals surface area contributed by atoms with Gasteiger partial charge < -0.3 is 5.11 Å². The molecule has 0 aromatic heterocycles. The van der Waals surface area contributed by atoms with Crippen molar-refractivity contribution in [3.8, 4) is 0 Å². The van der Waals surface area contributed by atoms with E-state index in [0.717, 1.165) is 5.56 Å². The van der Waals surface area contributed by atoms with Crippen molar-refractivity contribution >= 4 is 11.6 Å². The van der Waals surface area contributed by atoms with Gasteiger partial charge in [-0.3, -0.25) is 4.79 Å². The molecule has 4 nitrogen and oxygen atoms in total. The number of rotatable bonds is 4. The van der Waals surface area contributed by atoms with Crippen LogP contribution in [0.25, 0.3) is 0 Å². The van der Waals surface area contributed by atoms with E-state index < -0.39 is 24.2 Å². The molecule has 136 valence electrons. The molecule has 2 aromatic carbocycles. The third-order valence-electron chi connectivity index (χ3n) is 4.25. The molecular formula is C19H17F3N2O2. The number of nitrogens with zero attached hydrogens (tertiary/aromatic N) is 2. The smallest absolute Gasteiger partial charge is 0.362 e. The first kappa shape index (κ1) is 18.1. The summed E-state index contributed by atoms with van der Waals surface area (Å²) in [7, 11) is 0. The molecule has 1 heterocycles. The molecule has 0 spiro atoms. The van der Waals surface area contributed by atoms with Gasteiger partial charge in [-0.2, -0.15) is 23.3 Å². The van der Waals surface area contributed by atoms with Crippen LogP contribution in [0.3, 0.4) is 0 Å². The number of aryl methyl sites for hydroxylation is 1. The third-order valence-corrected chi connectivity index (χ3v) is 4.25. The fourth-order valence-corrected chi connectivity index (χ4v) is 2.82. The fraction of sp³-hybridized carbons (Fsp3) is 0.263. The quantitative estimate of drug-likeness (QED) is 0.905. The zero-order chi connectivity index (χ0) is 18.8. The number of halogens is 3. The Labute approximate surface area is 148 Å². The second-order valence-corrected chi connectivity index (χ2v) is 6.10. The Morgan fingerprint density at radius 1 is 1.08 bits per heavy atom. The summed E-state index contributed by atoms with van der Waals surface area (Å²) >= 11 is 0. The lowest BCUT2D eigenvalue weighted by Gasteiger charge is -2.32. The number of benzene rings is 2. The summed E-state index contributed by atoms with van der Waals surface area (Å²) < 4.78 is 40.5. The molecule has 0 fully saturated rings. The second-order valence-electron chi connectivity index (χ2n) is 6.10. The van der Waals surface area contributed by atoms with Gasteiger partial charge in [-0.05, 0) is 17.5 Å². The van der Waals surface area contributed by atoms with Crippen LogP contribution in [0.15, 0.2) is 65.8 Å². The van der Waals surface area contributed by atoms with E-state index in [9.17, 15) is 23.1 Å². The Bertz CT molecular complexity index is 807. The van der Waals surface area contributed by atoms with Gasteiger partial charge in [0.05, 0.1) is 12.1 Å². The third kappa shape index (κ3) is 3.48. The molecule has 1 aliphatic rings. The maximum Gasteiger partial charge on any atom is 0.438 e. The minimum atomic E-state index is -5.02. The van der Waals surface area contributed by atoms with Crippen LogP contribution >= 0.6 is 0 Å². The molecule has 26 heavy (non-hydrogen) atoms. The molecule has 7 heteroatoms. The van der Waals surface area contributed by atoms with Crippen LogP contribution in [0.2, 0.25) is 0 Å². The molecule has 0 aliphatic carbocycles. The first-order chi connectivity index (χ1) is 12.3. The van der Waals surface area contributed by atoms with Gasteiger partial charge in [0.25, 0.3) is 5.72 Å². The Morgan fingerprint density at radius 3 is 2.23 bits per heavy atom. The van der Waals surface area contributed by atoms with E-state index in [2.05, 4.69) is 5.10 Å². The summed E-state index contributed by atoms with van der Waals surface area (Å²) in [6, 6.07) is 17.2. The van der Waals surface area contributed by atoms with Crippen molar-refractivity contribution < 1.29 is 23.1 Å². The van der Waals surface area contributed by atoms with Crippen LogP contribution in [0, 0.1) is 0 Å². The van der Waals surface area contributed by atoms with Gasteiger partial charge in [0.15, 0.2) is 0 Å². The molecule has 1 N–H and O–H groups in total. The Morgan fingerprint density at radius 2 is 1.65 bits per heavy atom. The Balaban J connectivity index is 1.85. The van der Waals surface area contributed by atoms with Gasteiger partial charge in [-0.25, -0.2) is 0 Å². The normalized spacial score (nSPS) is 20.2. The van der Waals surface area contributed by atoms with E-state index in [-0.39, 0.29) is 23.6 Å². The lowest BCUT2D eigenvalue weighted by atomic mass is 10.0. The highest BCUT2D eigenvalue weighted by Gasteiger charge is 2.63. The molecule has 1 aliphatic heterocycles. The van der Waals surface area contributed by atoms with Crippen molar-refractivity contribution in [1.29, 1.82) is 0 Å². The fourth-order valence-electron chi connectivity index (χ4n) is 2.82. The summed E-state index contributed by atoms with van der Waals surface area (Å²) in [5, 5.41) is 14.3. The van der Waals surface area contributed by atoms with Crippen molar-refractivity contribution in [2.45, 2.75) is 31.2 Å². The highest BCUT2D eigenvalue weighted by molar-refractivity contribution is 6.03. The summed E-state index contributed by atoms with van der Waals surface area (Å²) in [6.45, 7) is 0. The second kappa shape index (κ2) is 6.92. The lowest BCUT2D eigenvalue weighted by molar-refractivity contribution is -0.302. The van der Waals surface area contributed by atoms with Gasteiger partial charge in [-0.1, -0.05) is 60.7 Å². The minimum Gasteiger partial charge on any atom is -0.362 e. The van der Waals surface area contributed by atoms with Crippen LogP contribution in [-0.2, 0) is 11.2 Å². The van der Waals surface area contributed by atoms with Crippen LogP contribution in [0.4, 0.5) is 13.2 Å². The van der Waals surface area contributed by atoms with E-state index >= 15 is 0 Å². The number of hydrogen-bond donors (Lipinski definition) is 1. The van der Waals surface area contributed by atoms with Gasteiger partial charge in [0.2, 0.25) is 5.91 Å². The van der Waals surface area contributed by atoms with E-state index in [1.54, 1.807) is 54.6 Å². The maximum absolute atomic E-state index is 13.5. The molecule has 1 amide bonds. The van der Waals surface area contributed by atoms with E-state index in [1.165, 1.54) is 0 Å². The number of aliphatic hydroxyl groups is 1. The lowest BCUT2D eigenvalue weighted by Crippen LogP contribution is -2.56. The Hall–Kier alpha value is -2.67. The standard InChI is InChI=1S/C19H17F3N2O2/c20-19(21,22)18(26)13-16(15-9-5-2-6-10-15)23-24(18)17(25)12-11-14-7-3-1-4-8-14/h1-10,26H,11-13H2/t18-/m1/s1. The number of carbonyl (C=O) groups is 1. The van der Waals surface area contributed by atoms with Crippen LogP contribution in [0.5, 0.6) is 0 Å². The van der Waals surface area contributed by atoms with Gasteiger partial charge in [0, 0.05) is 6.42 Å². The number of alkyl halides is 3. The zero-order valence-corrected chi connectivity index (χ0v) is 13.8. The van der Waals surface area contributed by atoms with Crippen LogP contribution in [-0.4, -0.2) is 33.6 Å². The molecule has 3 rings (SSSR count). The van der Waals surface area contributed by atoms with Gasteiger partial charge in [0.1, 0.15) is 0 Å². The van der Waals surface area contributed by atoms with Gasteiger partial charge in [-0.15, -0.1) is 0 Å². The van der Waals surface area contributed by atoms with Crippen molar-refractivity contribution in [1.82, 2.24) is 5.01 Å². The molecule has 0 bridgehead atoms. The van der Waals surface area contributed by atoms with Crippen molar-refractivity contribution in [3.63, 3.8) is 0 Å². The number of carbonyl (C=O) groups excluding carboxylic acids is 1. The van der Waals surface area contributed by atoms with Crippen molar-refractivity contribution in [3.05, 3.63) is 71.8 Å². The number of hydrogen-bond acceptors (Lipinski definition) is 3. The van der Waals surface area contributed by atoms with Crippen LogP contribution < -0.4 is 0 Å². The Kier molecular flexibility index (Phi) is 4.82. The zero-order valence-electron chi connectivity index (χ0n) is 13.8. The first-order valence-electron chi connectivity index (χ1n) is 8.10. The SMILES string of the molecule is O=C(CCc1ccccc1)N1N=C(c2ccccc2)C[C@@]1(O)C(F)(F)F. The molecule has 0 unspecified atom stereocenters. The maximum atomic E-state index is 13.5. The highest BCUT2D eigenvalue weighted by atomic mass is 19.4. The average Bonchev–Trinajstić information content (AvgIpc) is 3.00. The summed E-state index contributed by atoms with van der Waals surface area (Å²) in [6.07, 6.45) is -5.73. The molecule has 2 aromatic rings. The largest absolute Gasteiger partial charge is 0.438 e. The van der Waals surface area contributed by atoms with E-state index in [4.69, 9.17) is 0 Å². The van der Waals surface area contributed by atoms with Gasteiger partial charge >= 0.3 is 6.18 Å². The van der Waals surface area contributed by atoms with E-state index in [1.807, 2.05) is 6.07 Å². The molecule has 0 radical (unpaired) electrons. The molecule has 1 atom stereocenters. The number of amides is 1. The first-order valence-corrected chi connectivity index (χ1v) is 8.10. The topological polar surface area (TPSA) is 52.9 Å². The van der Waals surface area contributed by atoms with Crippen molar-refractivity contribution in [2.24, 2.45) is 5.10 Å². The highest BCUT2D eigenvalue weighted by Crippen LogP contribution is 2.41. The summed E-state index contributed by atoms with van der Waals surface area (Å²) in [5.74, 6) is -0.875. The van der Waals surface area contributed by atoms with Crippen molar-refractivity contribution in [2.75, 3.05) is 0 Å². The van der Waals surface area contributed by atoms with Crippen LogP contribution in [0.1, 0.15) is 24.0 Å². The molecule has 0 saturated heterocycles. The van der Waals surface area contributed by atoms with E-state index in [0.29, 0.717) is 5.56 Å². The summed E-state index contributed by atoms with van der Waals surface area (Å²) in [5.41, 5.74) is -2.04. The minimum absolute atomic E-state index is 0.0264. The number of hydrazone groups is 1. The molecule has 0 saturated carbocycles. The predicted molar refractivity (Wildman–Crippen MR) is 90.2 cm³/mol. The predicted octanol–water partition coefficient (Wildman–Crippen LogP) is 3.51. The average molecular weight is 362 g/mol. The summed E-state index contributed by atoms with van der Waals surface area (Å²) in [4.78, 5) is 12.4.